The summed E-state index contributed by atoms with van der Waals surface area (Å²) in [6.45, 7) is 4.80. The number of carboxylic acids is 1. The normalized spacial score (nSPS) is 10.9. The second-order valence-corrected chi connectivity index (χ2v) is 6.33. The van der Waals surface area contributed by atoms with Crippen molar-refractivity contribution in [1.29, 1.82) is 0 Å². The molecule has 0 fully saturated rings. The molecule has 6 heteroatoms. The fourth-order valence-electron chi connectivity index (χ4n) is 2.65. The fraction of sp³-hybridized carbons (Fsp3) is 0.176. The Bertz CT molecular complexity index is 863. The quantitative estimate of drug-likeness (QED) is 0.768. The van der Waals surface area contributed by atoms with E-state index in [1.807, 2.05) is 17.5 Å². The SMILES string of the molecule is Cc1cc(-c2csc(N)n2)c(C)n1Cc1ccc(C(=O)O)cc1. The zero-order valence-corrected chi connectivity index (χ0v) is 13.7. The van der Waals surface area contributed by atoms with Gasteiger partial charge in [0.15, 0.2) is 5.13 Å². The first-order chi connectivity index (χ1) is 11.0. The molecule has 0 amide bonds. The van der Waals surface area contributed by atoms with Crippen molar-refractivity contribution in [2.24, 2.45) is 0 Å². The number of rotatable bonds is 4. The predicted octanol–water partition coefficient (Wildman–Crippen LogP) is 3.56. The van der Waals surface area contributed by atoms with E-state index in [-0.39, 0.29) is 0 Å². The minimum Gasteiger partial charge on any atom is -0.478 e. The molecule has 2 heterocycles. The van der Waals surface area contributed by atoms with Gasteiger partial charge in [0, 0.05) is 28.9 Å². The molecular weight excluding hydrogens is 310 g/mol. The Kier molecular flexibility index (Phi) is 3.92. The third kappa shape index (κ3) is 2.98. The van der Waals surface area contributed by atoms with E-state index >= 15 is 0 Å². The molecule has 0 aliphatic carbocycles. The zero-order chi connectivity index (χ0) is 16.6. The number of carboxylic acid groups (broad SMARTS) is 1. The van der Waals surface area contributed by atoms with E-state index in [0.29, 0.717) is 17.2 Å². The van der Waals surface area contributed by atoms with E-state index in [9.17, 15) is 4.79 Å². The highest BCUT2D eigenvalue weighted by molar-refractivity contribution is 7.13. The molecule has 0 radical (unpaired) electrons. The summed E-state index contributed by atoms with van der Waals surface area (Å²) < 4.78 is 2.20. The molecule has 0 aliphatic heterocycles. The summed E-state index contributed by atoms with van der Waals surface area (Å²) in [6.07, 6.45) is 0. The van der Waals surface area contributed by atoms with Crippen molar-refractivity contribution in [3.8, 4) is 11.3 Å². The summed E-state index contributed by atoms with van der Waals surface area (Å²) in [5, 5.41) is 11.5. The lowest BCUT2D eigenvalue weighted by atomic mass is 10.1. The number of nitrogens with two attached hydrogens (primary N) is 1. The Hall–Kier alpha value is -2.60. The first-order valence-corrected chi connectivity index (χ1v) is 8.04. The minimum absolute atomic E-state index is 0.299. The second kappa shape index (κ2) is 5.89. The molecule has 0 saturated carbocycles. The molecule has 2 aromatic heterocycles. The Balaban J connectivity index is 1.91. The molecule has 0 aliphatic rings. The third-order valence-corrected chi connectivity index (χ3v) is 4.59. The van der Waals surface area contributed by atoms with E-state index in [1.54, 1.807) is 12.1 Å². The van der Waals surface area contributed by atoms with E-state index in [0.717, 1.165) is 28.2 Å². The van der Waals surface area contributed by atoms with Crippen LogP contribution in [-0.4, -0.2) is 20.6 Å². The van der Waals surface area contributed by atoms with Gasteiger partial charge in [0.1, 0.15) is 0 Å². The molecule has 0 atom stereocenters. The van der Waals surface area contributed by atoms with Gasteiger partial charge in [-0.15, -0.1) is 11.3 Å². The van der Waals surface area contributed by atoms with Crippen molar-refractivity contribution in [3.63, 3.8) is 0 Å². The molecule has 118 valence electrons. The maximum atomic E-state index is 10.9. The average Bonchev–Trinajstić information content (AvgIpc) is 3.06. The smallest absolute Gasteiger partial charge is 0.335 e. The summed E-state index contributed by atoms with van der Waals surface area (Å²) in [6, 6.07) is 9.07. The highest BCUT2D eigenvalue weighted by atomic mass is 32.1. The van der Waals surface area contributed by atoms with Gasteiger partial charge in [-0.25, -0.2) is 9.78 Å². The predicted molar refractivity (Wildman–Crippen MR) is 91.9 cm³/mol. The van der Waals surface area contributed by atoms with Crippen LogP contribution in [0.25, 0.3) is 11.3 Å². The van der Waals surface area contributed by atoms with Crippen molar-refractivity contribution in [3.05, 3.63) is 58.2 Å². The van der Waals surface area contributed by atoms with Gasteiger partial charge < -0.3 is 15.4 Å². The number of nitrogen functional groups attached to an aromatic ring is 1. The second-order valence-electron chi connectivity index (χ2n) is 5.44. The Morgan fingerprint density at radius 1 is 1.30 bits per heavy atom. The van der Waals surface area contributed by atoms with Gasteiger partial charge in [-0.2, -0.15) is 0 Å². The van der Waals surface area contributed by atoms with Crippen LogP contribution in [0.2, 0.25) is 0 Å². The lowest BCUT2D eigenvalue weighted by Gasteiger charge is -2.10. The molecule has 3 N–H and O–H groups in total. The molecule has 0 unspecified atom stereocenters. The van der Waals surface area contributed by atoms with Gasteiger partial charge in [-0.1, -0.05) is 12.1 Å². The van der Waals surface area contributed by atoms with Crippen LogP contribution in [0.1, 0.15) is 27.3 Å². The number of thiazole rings is 1. The highest BCUT2D eigenvalue weighted by Crippen LogP contribution is 2.29. The molecule has 0 spiro atoms. The van der Waals surface area contributed by atoms with E-state index in [4.69, 9.17) is 10.8 Å². The molecule has 3 aromatic rings. The van der Waals surface area contributed by atoms with Crippen molar-refractivity contribution in [2.75, 3.05) is 5.73 Å². The van der Waals surface area contributed by atoms with Crippen LogP contribution in [0.3, 0.4) is 0 Å². The highest BCUT2D eigenvalue weighted by Gasteiger charge is 2.13. The van der Waals surface area contributed by atoms with Gasteiger partial charge in [0.25, 0.3) is 0 Å². The summed E-state index contributed by atoms with van der Waals surface area (Å²) in [7, 11) is 0. The number of carbonyl (C=O) groups is 1. The third-order valence-electron chi connectivity index (χ3n) is 3.91. The average molecular weight is 327 g/mol. The number of anilines is 1. The van der Waals surface area contributed by atoms with Crippen LogP contribution in [0.5, 0.6) is 0 Å². The minimum atomic E-state index is -0.909. The van der Waals surface area contributed by atoms with Crippen molar-refractivity contribution in [1.82, 2.24) is 9.55 Å². The first kappa shape index (κ1) is 15.3. The standard InChI is InChI=1S/C17H17N3O2S/c1-10-7-14(15-9-23-17(18)19-15)11(2)20(10)8-12-3-5-13(6-4-12)16(21)22/h3-7,9H,8H2,1-2H3,(H2,18,19)(H,21,22). The number of hydrogen-bond acceptors (Lipinski definition) is 4. The molecule has 5 nitrogen and oxygen atoms in total. The van der Waals surface area contributed by atoms with Crippen LogP contribution in [-0.2, 0) is 6.54 Å². The van der Waals surface area contributed by atoms with Crippen molar-refractivity contribution >= 4 is 22.4 Å². The van der Waals surface area contributed by atoms with Crippen molar-refractivity contribution < 1.29 is 9.90 Å². The fourth-order valence-corrected chi connectivity index (χ4v) is 3.21. The summed E-state index contributed by atoms with van der Waals surface area (Å²) in [4.78, 5) is 15.3. The van der Waals surface area contributed by atoms with Gasteiger partial charge >= 0.3 is 5.97 Å². The Morgan fingerprint density at radius 2 is 2.00 bits per heavy atom. The molecule has 0 saturated heterocycles. The van der Waals surface area contributed by atoms with E-state index < -0.39 is 5.97 Å². The topological polar surface area (TPSA) is 81.1 Å². The molecular formula is C17H17N3O2S. The van der Waals surface area contributed by atoms with Crippen LogP contribution in [0, 0.1) is 13.8 Å². The van der Waals surface area contributed by atoms with E-state index in [1.165, 1.54) is 11.3 Å². The molecule has 23 heavy (non-hydrogen) atoms. The van der Waals surface area contributed by atoms with Gasteiger partial charge in [0.05, 0.1) is 11.3 Å². The summed E-state index contributed by atoms with van der Waals surface area (Å²) in [5.74, 6) is -0.909. The zero-order valence-electron chi connectivity index (χ0n) is 12.9. The lowest BCUT2D eigenvalue weighted by molar-refractivity contribution is 0.0697. The van der Waals surface area contributed by atoms with Crippen molar-refractivity contribution in [2.45, 2.75) is 20.4 Å². The number of nitrogens with zero attached hydrogens (tertiary/aromatic N) is 2. The van der Waals surface area contributed by atoms with Crippen LogP contribution in [0.4, 0.5) is 5.13 Å². The number of hydrogen-bond donors (Lipinski definition) is 2. The molecule has 0 bridgehead atoms. The lowest BCUT2D eigenvalue weighted by Crippen LogP contribution is -2.04. The largest absolute Gasteiger partial charge is 0.478 e. The number of aromatic carboxylic acids is 1. The first-order valence-electron chi connectivity index (χ1n) is 7.16. The molecule has 1 aromatic carbocycles. The van der Waals surface area contributed by atoms with E-state index in [2.05, 4.69) is 29.5 Å². The Labute approximate surface area is 138 Å². The maximum absolute atomic E-state index is 10.9. The Morgan fingerprint density at radius 3 is 2.57 bits per heavy atom. The number of aryl methyl sites for hydroxylation is 1. The van der Waals surface area contributed by atoms with Gasteiger partial charge in [0.2, 0.25) is 0 Å². The molecule has 3 rings (SSSR count). The number of aromatic nitrogens is 2. The van der Waals surface area contributed by atoms with Gasteiger partial charge in [-0.05, 0) is 37.6 Å². The van der Waals surface area contributed by atoms with Crippen LogP contribution < -0.4 is 5.73 Å². The van der Waals surface area contributed by atoms with Gasteiger partial charge in [-0.3, -0.25) is 0 Å². The summed E-state index contributed by atoms with van der Waals surface area (Å²) >= 11 is 1.43. The van der Waals surface area contributed by atoms with Crippen LogP contribution in [0.15, 0.2) is 35.7 Å². The monoisotopic (exact) mass is 327 g/mol. The maximum Gasteiger partial charge on any atom is 0.335 e. The number of benzene rings is 1. The summed E-state index contributed by atoms with van der Waals surface area (Å²) in [5.41, 5.74) is 11.3. The van der Waals surface area contributed by atoms with Crippen LogP contribution >= 0.6 is 11.3 Å².